The van der Waals surface area contributed by atoms with Crippen LogP contribution in [0, 0.1) is 5.92 Å². The molecule has 3 aliphatic rings. The van der Waals surface area contributed by atoms with E-state index in [2.05, 4.69) is 10.6 Å². The van der Waals surface area contributed by atoms with Crippen molar-refractivity contribution in [2.75, 3.05) is 18.6 Å². The van der Waals surface area contributed by atoms with Crippen LogP contribution in [0.4, 0.5) is 10.5 Å². The Bertz CT molecular complexity index is 1090. The van der Waals surface area contributed by atoms with Crippen LogP contribution in [0.1, 0.15) is 82.1 Å². The molecule has 4 atom stereocenters. The summed E-state index contributed by atoms with van der Waals surface area (Å²) in [5.41, 5.74) is 3.96. The highest BCUT2D eigenvalue weighted by atomic mass is 16.5. The van der Waals surface area contributed by atoms with E-state index in [1.165, 1.54) is 13.5 Å². The van der Waals surface area contributed by atoms with Gasteiger partial charge in [-0.1, -0.05) is 6.42 Å². The van der Waals surface area contributed by atoms with Crippen molar-refractivity contribution in [3.63, 3.8) is 0 Å². The first-order valence-corrected chi connectivity index (χ1v) is 13.2. The lowest BCUT2D eigenvalue weighted by atomic mass is 9.85. The van der Waals surface area contributed by atoms with Crippen LogP contribution in [-0.4, -0.2) is 52.6 Å². The van der Waals surface area contributed by atoms with Crippen LogP contribution < -0.4 is 4.90 Å². The van der Waals surface area contributed by atoms with Crippen LogP contribution in [0.5, 0.6) is 0 Å². The first-order valence-electron chi connectivity index (χ1n) is 13.2. The highest BCUT2D eigenvalue weighted by Crippen LogP contribution is 2.41. The monoisotopic (exact) mass is 483 g/mol. The second-order valence-corrected chi connectivity index (χ2v) is 10.4. The summed E-state index contributed by atoms with van der Waals surface area (Å²) < 4.78 is 13.4. The highest BCUT2D eigenvalue weighted by Gasteiger charge is 2.34. The number of aryl methyl sites for hydroxylation is 2. The Morgan fingerprint density at radius 3 is 2.77 bits per heavy atom. The molecule has 2 unspecified atom stereocenters. The lowest BCUT2D eigenvalue weighted by molar-refractivity contribution is -0.143. The standard InChI is InChI=1S/C27H37N3O5/c1-17-9-11-21-22(29(17)27(33)34-2)12-13-23-25(21)28-24(14-10-20-8-3-4-15-35-20)30(23)19-7-5-6-18(16-19)26(31)32/h12-13,17-20H,3-11,14-16H2,1-2H3,(H,31,32)/t17?,18-,19+,20?/m0/s1. The van der Waals surface area contributed by atoms with E-state index in [9.17, 15) is 14.7 Å². The summed E-state index contributed by atoms with van der Waals surface area (Å²) in [5.74, 6) is 0.00670. The fourth-order valence-corrected chi connectivity index (χ4v) is 6.35. The maximum Gasteiger partial charge on any atom is 0.414 e. The molecular weight excluding hydrogens is 446 g/mol. The van der Waals surface area contributed by atoms with E-state index in [4.69, 9.17) is 14.5 Å². The number of aliphatic carboxylic acids is 1. The number of fused-ring (bicyclic) bond motifs is 3. The van der Waals surface area contributed by atoms with E-state index in [-0.39, 0.29) is 30.2 Å². The molecule has 0 bridgehead atoms. The number of carbonyl (C=O) groups is 2. The number of anilines is 1. The third-order valence-corrected chi connectivity index (χ3v) is 8.22. The van der Waals surface area contributed by atoms with E-state index in [0.29, 0.717) is 6.42 Å². The Morgan fingerprint density at radius 2 is 2.03 bits per heavy atom. The third kappa shape index (κ3) is 4.65. The van der Waals surface area contributed by atoms with Crippen LogP contribution >= 0.6 is 0 Å². The Balaban J connectivity index is 1.56. The molecule has 1 amide bonds. The first kappa shape index (κ1) is 24.1. The van der Waals surface area contributed by atoms with Crippen LogP contribution in [0.25, 0.3) is 11.0 Å². The molecule has 0 spiro atoms. The molecule has 5 rings (SSSR count). The predicted molar refractivity (Wildman–Crippen MR) is 133 cm³/mol. The van der Waals surface area contributed by atoms with Crippen molar-refractivity contribution < 1.29 is 24.2 Å². The second kappa shape index (κ2) is 10.2. The molecule has 0 radical (unpaired) electrons. The van der Waals surface area contributed by atoms with Crippen molar-refractivity contribution in [1.82, 2.24) is 9.55 Å². The van der Waals surface area contributed by atoms with Gasteiger partial charge in [-0.3, -0.25) is 9.69 Å². The molecule has 190 valence electrons. The molecule has 1 aliphatic carbocycles. The van der Waals surface area contributed by atoms with E-state index in [1.807, 2.05) is 13.0 Å². The van der Waals surface area contributed by atoms with Crippen molar-refractivity contribution in [2.24, 2.45) is 5.92 Å². The Hall–Kier alpha value is -2.61. The number of rotatable bonds is 5. The zero-order valence-corrected chi connectivity index (χ0v) is 20.9. The number of amides is 1. The molecule has 35 heavy (non-hydrogen) atoms. The lowest BCUT2D eigenvalue weighted by Gasteiger charge is -2.34. The van der Waals surface area contributed by atoms with E-state index in [0.717, 1.165) is 92.5 Å². The summed E-state index contributed by atoms with van der Waals surface area (Å²) in [4.78, 5) is 31.3. The van der Waals surface area contributed by atoms with Crippen molar-refractivity contribution in [2.45, 2.75) is 95.7 Å². The average molecular weight is 484 g/mol. The molecule has 1 saturated heterocycles. The normalized spacial score (nSPS) is 27.0. The van der Waals surface area contributed by atoms with E-state index >= 15 is 0 Å². The van der Waals surface area contributed by atoms with Gasteiger partial charge in [0.25, 0.3) is 0 Å². The Morgan fingerprint density at radius 1 is 1.17 bits per heavy atom. The smallest absolute Gasteiger partial charge is 0.414 e. The molecule has 3 heterocycles. The van der Waals surface area contributed by atoms with Crippen molar-refractivity contribution in [3.05, 3.63) is 23.5 Å². The Kier molecular flexibility index (Phi) is 7.00. The largest absolute Gasteiger partial charge is 0.481 e. The number of imidazole rings is 1. The fraction of sp³-hybridized carbons (Fsp3) is 0.667. The zero-order chi connectivity index (χ0) is 24.5. The average Bonchev–Trinajstić information content (AvgIpc) is 3.26. The molecule has 2 aromatic rings. The van der Waals surface area contributed by atoms with Crippen LogP contribution in [0.15, 0.2) is 12.1 Å². The van der Waals surface area contributed by atoms with Crippen molar-refractivity contribution >= 4 is 28.8 Å². The highest BCUT2D eigenvalue weighted by molar-refractivity contribution is 5.95. The molecule has 1 aromatic heterocycles. The topological polar surface area (TPSA) is 93.9 Å². The number of carboxylic acid groups (broad SMARTS) is 1. The van der Waals surface area contributed by atoms with Gasteiger partial charge < -0.3 is 19.1 Å². The molecule has 2 aliphatic heterocycles. The van der Waals surface area contributed by atoms with Gasteiger partial charge in [0.05, 0.1) is 35.9 Å². The minimum atomic E-state index is -0.698. The molecule has 1 N–H and O–H groups in total. The lowest BCUT2D eigenvalue weighted by Crippen LogP contribution is -2.42. The number of carboxylic acids is 1. The van der Waals surface area contributed by atoms with Gasteiger partial charge >= 0.3 is 12.1 Å². The number of nitrogens with zero attached hydrogens (tertiary/aromatic N) is 3. The fourth-order valence-electron chi connectivity index (χ4n) is 6.35. The third-order valence-electron chi connectivity index (χ3n) is 8.22. The van der Waals surface area contributed by atoms with Gasteiger partial charge in [0.1, 0.15) is 5.82 Å². The summed E-state index contributed by atoms with van der Waals surface area (Å²) in [5, 5.41) is 9.71. The van der Waals surface area contributed by atoms with Gasteiger partial charge in [-0.05, 0) is 76.8 Å². The summed E-state index contributed by atoms with van der Waals surface area (Å²) >= 11 is 0. The van der Waals surface area contributed by atoms with Gasteiger partial charge in [-0.25, -0.2) is 9.78 Å². The minimum absolute atomic E-state index is 0.0621. The maximum atomic E-state index is 12.6. The van der Waals surface area contributed by atoms with Crippen molar-refractivity contribution in [3.8, 4) is 0 Å². The molecule has 1 aromatic carbocycles. The molecule has 2 fully saturated rings. The number of methoxy groups -OCH3 is 1. The minimum Gasteiger partial charge on any atom is -0.481 e. The van der Waals surface area contributed by atoms with Crippen LogP contribution in [0.3, 0.4) is 0 Å². The number of benzene rings is 1. The van der Waals surface area contributed by atoms with Gasteiger partial charge in [0.2, 0.25) is 0 Å². The predicted octanol–water partition coefficient (Wildman–Crippen LogP) is 5.26. The summed E-state index contributed by atoms with van der Waals surface area (Å²) in [6, 6.07) is 4.27. The summed E-state index contributed by atoms with van der Waals surface area (Å²) in [6.45, 7) is 2.88. The number of hydrogen-bond donors (Lipinski definition) is 1. The summed E-state index contributed by atoms with van der Waals surface area (Å²) in [6.07, 6.45) is 10.0. The number of ether oxygens (including phenoxy) is 2. The second-order valence-electron chi connectivity index (χ2n) is 10.4. The summed E-state index contributed by atoms with van der Waals surface area (Å²) in [7, 11) is 1.42. The van der Waals surface area contributed by atoms with Gasteiger partial charge in [-0.15, -0.1) is 0 Å². The number of carbonyl (C=O) groups excluding carboxylic acids is 1. The molecule has 8 nitrogen and oxygen atoms in total. The van der Waals surface area contributed by atoms with Crippen molar-refractivity contribution in [1.29, 1.82) is 0 Å². The quantitative estimate of drug-likeness (QED) is 0.623. The Labute approximate surface area is 206 Å². The molecular formula is C27H37N3O5. The van der Waals surface area contributed by atoms with Gasteiger partial charge in [-0.2, -0.15) is 0 Å². The van der Waals surface area contributed by atoms with Gasteiger partial charge in [0, 0.05) is 30.7 Å². The maximum absolute atomic E-state index is 12.6. The first-order chi connectivity index (χ1) is 17.0. The van der Waals surface area contributed by atoms with E-state index in [1.54, 1.807) is 4.90 Å². The number of hydrogen-bond acceptors (Lipinski definition) is 5. The van der Waals surface area contributed by atoms with Crippen LogP contribution in [-0.2, 0) is 27.1 Å². The van der Waals surface area contributed by atoms with E-state index < -0.39 is 5.97 Å². The van der Waals surface area contributed by atoms with Crippen LogP contribution in [0.2, 0.25) is 0 Å². The molecule has 1 saturated carbocycles. The molecule has 8 heteroatoms. The zero-order valence-electron chi connectivity index (χ0n) is 20.9. The SMILES string of the molecule is COC(=O)N1c2ccc3c(nc(CCC4CCCCO4)n3[C@@H]3CCC[C@H](C(=O)O)C3)c2CCC1C. The van der Waals surface area contributed by atoms with Gasteiger partial charge in [0.15, 0.2) is 0 Å². The number of aromatic nitrogens is 2.